The van der Waals surface area contributed by atoms with Crippen molar-refractivity contribution in [3.63, 3.8) is 0 Å². The topological polar surface area (TPSA) is 133 Å². The smallest absolute Gasteiger partial charge is 0.545 e. The van der Waals surface area contributed by atoms with Crippen LogP contribution < -0.4 is 10.2 Å². The molecule has 0 aliphatic rings. The van der Waals surface area contributed by atoms with Crippen molar-refractivity contribution in [2.24, 2.45) is 0 Å². The Hall–Kier alpha value is -3.40. The van der Waals surface area contributed by atoms with Crippen molar-refractivity contribution < 1.29 is 38.9 Å². The molecular weight excluding hydrogens is 1020 g/mol. The van der Waals surface area contributed by atoms with E-state index in [1.807, 2.05) is 12.2 Å². The molecule has 0 saturated carbocycles. The van der Waals surface area contributed by atoms with Crippen molar-refractivity contribution >= 4 is 47.8 Å². The van der Waals surface area contributed by atoms with Crippen molar-refractivity contribution in [1.82, 2.24) is 0 Å². The van der Waals surface area contributed by atoms with E-state index in [2.05, 4.69) is 41.5 Å². The molecule has 2 rings (SSSR count). The first kappa shape index (κ1) is 73.8. The summed E-state index contributed by atoms with van der Waals surface area (Å²) in [5.74, 6) is -4.11. The molecule has 0 spiro atoms. The molecule has 0 aliphatic carbocycles. The van der Waals surface area contributed by atoms with Gasteiger partial charge >= 0.3 is 35.8 Å². The standard InChI is InChI=1S/2C24H36O4.2C8H17.Sn/c2*1-2-3-4-5-6-7-8-9-10-11-12-13-14-17-20-28-24(27)22-19-16-15-18-21(22)23(25)26;2*1-3-5-7-8-6-4-2;/h2*15-20H,2-14H2,1H3,(H,25,26);2*1,3-8H2,2H3;/q;;;;+2/p-2/b2*20-17+;;;. The van der Waals surface area contributed by atoms with Gasteiger partial charge in [0.1, 0.15) is 0 Å². The van der Waals surface area contributed by atoms with Gasteiger partial charge in [-0.25, -0.2) is 9.59 Å². The molecule has 0 aromatic heterocycles. The van der Waals surface area contributed by atoms with E-state index >= 15 is 0 Å². The van der Waals surface area contributed by atoms with Crippen LogP contribution in [-0.4, -0.2) is 47.8 Å². The Kier molecular flexibility index (Phi) is 60.2. The number of carbonyl (C=O) groups is 4. The van der Waals surface area contributed by atoms with Crippen LogP contribution in [0.1, 0.15) is 313 Å². The molecule has 0 saturated heterocycles. The fourth-order valence-corrected chi connectivity index (χ4v) is 7.93. The molecular formula is C64H104O8Sn. The number of carboxylic acids is 2. The molecule has 73 heavy (non-hydrogen) atoms. The zero-order valence-corrected chi connectivity index (χ0v) is 49.8. The van der Waals surface area contributed by atoms with E-state index in [-0.39, 0.29) is 46.2 Å². The number of carbonyl (C=O) groups excluding carboxylic acids is 4. The van der Waals surface area contributed by atoms with Crippen molar-refractivity contribution in [1.29, 1.82) is 0 Å². The maximum absolute atomic E-state index is 11.9. The van der Waals surface area contributed by atoms with Gasteiger partial charge in [-0.3, -0.25) is 0 Å². The molecule has 0 bridgehead atoms. The molecule has 0 amide bonds. The van der Waals surface area contributed by atoms with Gasteiger partial charge in [0, 0.05) is 11.1 Å². The van der Waals surface area contributed by atoms with E-state index in [0.29, 0.717) is 0 Å². The van der Waals surface area contributed by atoms with E-state index < -0.39 is 23.9 Å². The van der Waals surface area contributed by atoms with Crippen LogP contribution in [0, 0.1) is 13.8 Å². The summed E-state index contributed by atoms with van der Waals surface area (Å²) in [4.78, 5) is 45.9. The van der Waals surface area contributed by atoms with Crippen LogP contribution >= 0.6 is 0 Å². The molecule has 0 aliphatic heterocycles. The Morgan fingerprint density at radius 1 is 0.370 bits per heavy atom. The van der Waals surface area contributed by atoms with Crippen LogP contribution in [0.4, 0.5) is 0 Å². The third-order valence-corrected chi connectivity index (χ3v) is 12.4. The number of hydrogen-bond donors (Lipinski definition) is 0. The minimum Gasteiger partial charge on any atom is -0.545 e. The van der Waals surface area contributed by atoms with Gasteiger partial charge in [-0.05, 0) is 50.0 Å². The van der Waals surface area contributed by atoms with Gasteiger partial charge < -0.3 is 29.3 Å². The number of ether oxygens (including phenoxy) is 2. The van der Waals surface area contributed by atoms with Crippen molar-refractivity contribution in [2.45, 2.75) is 272 Å². The molecule has 9 heteroatoms. The first-order valence-electron chi connectivity index (χ1n) is 29.1. The molecule has 412 valence electrons. The first-order chi connectivity index (χ1) is 35.2. The minimum atomic E-state index is -1.38. The van der Waals surface area contributed by atoms with Crippen LogP contribution in [0.15, 0.2) is 73.2 Å². The quantitative estimate of drug-likeness (QED) is 0.0278. The van der Waals surface area contributed by atoms with Gasteiger partial charge in [-0.2, -0.15) is 0 Å². The van der Waals surface area contributed by atoms with Crippen LogP contribution in [0.25, 0.3) is 0 Å². The Labute approximate surface area is 465 Å². The Bertz CT molecular complexity index is 1470. The van der Waals surface area contributed by atoms with Gasteiger partial charge in [0.25, 0.3) is 0 Å². The van der Waals surface area contributed by atoms with Gasteiger partial charge in [0.05, 0.1) is 35.6 Å². The Balaban J connectivity index is -0.00000102. The Morgan fingerprint density at radius 2 is 0.589 bits per heavy atom. The number of hydrogen-bond acceptors (Lipinski definition) is 8. The second kappa shape index (κ2) is 59.5. The average molecular weight is 1120 g/mol. The summed E-state index contributed by atoms with van der Waals surface area (Å²) in [6.07, 6.45) is 55.5. The van der Waals surface area contributed by atoms with Crippen LogP contribution in [0.5, 0.6) is 0 Å². The summed E-state index contributed by atoms with van der Waals surface area (Å²) in [5.41, 5.74) is -0.279. The fraction of sp³-hybridized carbons (Fsp3) is 0.656. The largest absolute Gasteiger partial charge is 2.00 e. The molecule has 0 fully saturated rings. The zero-order valence-electron chi connectivity index (χ0n) is 47.0. The molecule has 0 unspecified atom stereocenters. The summed E-state index contributed by atoms with van der Waals surface area (Å²) < 4.78 is 10.0. The molecule has 2 aromatic carbocycles. The van der Waals surface area contributed by atoms with Crippen LogP contribution in [0.3, 0.4) is 0 Å². The SMILES string of the molecule is CCCCCCCCCCCCCC/C=C/OC(=O)c1ccccc1C(=O)[O-].CCCCCCCCCCCCCC/C=C/OC(=O)c1ccccc1C(=O)[O-].[CH2]CCCCCCC.[CH2]CCCCCCC.[Sn+2]. The summed E-state index contributed by atoms with van der Waals surface area (Å²) >= 11 is 0. The van der Waals surface area contributed by atoms with E-state index in [0.717, 1.165) is 38.5 Å². The molecule has 0 atom stereocenters. The number of benzene rings is 2. The molecule has 0 heterocycles. The average Bonchev–Trinajstić information content (AvgIpc) is 3.39. The Morgan fingerprint density at radius 3 is 0.822 bits per heavy atom. The maximum atomic E-state index is 11.9. The van der Waals surface area contributed by atoms with Crippen molar-refractivity contribution in [3.05, 3.63) is 109 Å². The minimum absolute atomic E-state index is 0. The zero-order chi connectivity index (χ0) is 53.4. The number of esters is 2. The molecule has 0 N–H and O–H groups in total. The molecule has 8 nitrogen and oxygen atoms in total. The second-order valence-corrected chi connectivity index (χ2v) is 19.1. The van der Waals surface area contributed by atoms with Gasteiger partial charge in [-0.1, -0.05) is 296 Å². The number of rotatable bonds is 42. The number of carboxylic acid groups (broad SMARTS) is 2. The van der Waals surface area contributed by atoms with Crippen molar-refractivity contribution in [3.8, 4) is 0 Å². The number of aromatic carboxylic acids is 2. The summed E-state index contributed by atoms with van der Waals surface area (Å²) in [7, 11) is 0. The predicted molar refractivity (Wildman–Crippen MR) is 305 cm³/mol. The summed E-state index contributed by atoms with van der Waals surface area (Å²) in [5, 5.41) is 22.0. The van der Waals surface area contributed by atoms with Gasteiger partial charge in [0.15, 0.2) is 0 Å². The normalized spacial score (nSPS) is 10.6. The van der Waals surface area contributed by atoms with Crippen LogP contribution in [-0.2, 0) is 9.47 Å². The first-order valence-corrected chi connectivity index (χ1v) is 29.1. The third-order valence-electron chi connectivity index (χ3n) is 12.4. The predicted octanol–water partition coefficient (Wildman–Crippen LogP) is 17.6. The van der Waals surface area contributed by atoms with Crippen molar-refractivity contribution in [2.75, 3.05) is 0 Å². The van der Waals surface area contributed by atoms with Crippen LogP contribution in [0.2, 0.25) is 0 Å². The van der Waals surface area contributed by atoms with Gasteiger partial charge in [0.2, 0.25) is 0 Å². The monoisotopic (exact) mass is 1120 g/mol. The van der Waals surface area contributed by atoms with E-state index in [4.69, 9.17) is 9.47 Å². The third kappa shape index (κ3) is 49.3. The molecule has 2 aromatic rings. The van der Waals surface area contributed by atoms with E-state index in [1.54, 1.807) is 24.3 Å². The fourth-order valence-electron chi connectivity index (χ4n) is 7.93. The number of unbranched alkanes of at least 4 members (excludes halogenated alkanes) is 34. The van der Waals surface area contributed by atoms with Gasteiger partial charge in [-0.15, -0.1) is 0 Å². The summed E-state index contributed by atoms with van der Waals surface area (Å²) in [6, 6.07) is 11.8. The molecule has 4 radical (unpaired) electrons. The van der Waals surface area contributed by atoms with E-state index in [1.165, 1.54) is 242 Å². The van der Waals surface area contributed by atoms with E-state index in [9.17, 15) is 29.4 Å². The number of allylic oxidation sites excluding steroid dienone is 2. The summed E-state index contributed by atoms with van der Waals surface area (Å²) in [6.45, 7) is 16.6. The maximum Gasteiger partial charge on any atom is 2.00 e. The second-order valence-electron chi connectivity index (χ2n) is 19.1.